The van der Waals surface area contributed by atoms with Crippen LogP contribution in [0.3, 0.4) is 0 Å². The van der Waals surface area contributed by atoms with Gasteiger partial charge in [0, 0.05) is 24.9 Å². The maximum Gasteiger partial charge on any atom is 0.249 e. The Kier molecular flexibility index (Phi) is 9.65. The summed E-state index contributed by atoms with van der Waals surface area (Å²) in [5.74, 6) is -0.598. The SMILES string of the molecule is C=CCCCCC(=O)NCCNC(=O)[C@H](O)C(C)(C)CO. The van der Waals surface area contributed by atoms with Gasteiger partial charge in [-0.25, -0.2) is 0 Å². The Morgan fingerprint density at radius 2 is 1.86 bits per heavy atom. The highest BCUT2D eigenvalue weighted by atomic mass is 16.3. The van der Waals surface area contributed by atoms with Gasteiger partial charge >= 0.3 is 0 Å². The maximum absolute atomic E-state index is 11.6. The highest BCUT2D eigenvalue weighted by molar-refractivity contribution is 5.81. The lowest BCUT2D eigenvalue weighted by atomic mass is 9.87. The minimum Gasteiger partial charge on any atom is -0.396 e. The minimum absolute atomic E-state index is 0.0513. The number of unbranched alkanes of at least 4 members (excludes halogenated alkanes) is 2. The fourth-order valence-corrected chi connectivity index (χ4v) is 1.59. The van der Waals surface area contributed by atoms with E-state index in [1.807, 2.05) is 6.08 Å². The van der Waals surface area contributed by atoms with Gasteiger partial charge in [-0.3, -0.25) is 9.59 Å². The first-order valence-electron chi connectivity index (χ1n) is 7.29. The Hall–Kier alpha value is -1.40. The van der Waals surface area contributed by atoms with Crippen molar-refractivity contribution in [3.05, 3.63) is 12.7 Å². The van der Waals surface area contributed by atoms with Crippen LogP contribution in [0.25, 0.3) is 0 Å². The average Bonchev–Trinajstić information content (AvgIpc) is 2.47. The normalized spacial score (nSPS) is 12.6. The summed E-state index contributed by atoms with van der Waals surface area (Å²) in [6, 6.07) is 0. The molecule has 0 fully saturated rings. The van der Waals surface area contributed by atoms with Gasteiger partial charge < -0.3 is 20.8 Å². The van der Waals surface area contributed by atoms with Crippen LogP contribution in [0.5, 0.6) is 0 Å². The van der Waals surface area contributed by atoms with E-state index in [1.54, 1.807) is 13.8 Å². The molecular formula is C15H28N2O4. The number of rotatable bonds is 11. The van der Waals surface area contributed by atoms with E-state index in [4.69, 9.17) is 5.11 Å². The van der Waals surface area contributed by atoms with Gasteiger partial charge in [-0.2, -0.15) is 0 Å². The highest BCUT2D eigenvalue weighted by Crippen LogP contribution is 2.19. The first kappa shape index (κ1) is 19.6. The van der Waals surface area contributed by atoms with Crippen molar-refractivity contribution in [2.75, 3.05) is 19.7 Å². The third kappa shape index (κ3) is 8.47. The zero-order valence-electron chi connectivity index (χ0n) is 13.0. The lowest BCUT2D eigenvalue weighted by molar-refractivity contribution is -0.137. The second-order valence-corrected chi connectivity index (χ2v) is 5.72. The largest absolute Gasteiger partial charge is 0.396 e. The molecule has 0 unspecified atom stereocenters. The third-order valence-corrected chi connectivity index (χ3v) is 3.20. The van der Waals surface area contributed by atoms with Crippen molar-refractivity contribution in [1.29, 1.82) is 0 Å². The summed E-state index contributed by atoms with van der Waals surface area (Å²) in [5.41, 5.74) is -0.890. The smallest absolute Gasteiger partial charge is 0.249 e. The molecule has 0 heterocycles. The molecule has 0 aromatic heterocycles. The maximum atomic E-state index is 11.6. The average molecular weight is 300 g/mol. The van der Waals surface area contributed by atoms with Crippen LogP contribution in [0.1, 0.15) is 39.5 Å². The van der Waals surface area contributed by atoms with Gasteiger partial charge in [-0.1, -0.05) is 19.9 Å². The lowest BCUT2D eigenvalue weighted by Gasteiger charge is -2.27. The molecule has 0 aliphatic heterocycles. The van der Waals surface area contributed by atoms with E-state index in [0.717, 1.165) is 19.3 Å². The van der Waals surface area contributed by atoms with Crippen molar-refractivity contribution >= 4 is 11.8 Å². The number of carbonyl (C=O) groups is 2. The Balaban J connectivity index is 3.77. The number of allylic oxidation sites excluding steroid dienone is 1. The summed E-state index contributed by atoms with van der Waals surface area (Å²) in [6.45, 7) is 7.09. The van der Waals surface area contributed by atoms with E-state index in [9.17, 15) is 14.7 Å². The number of aliphatic hydroxyl groups is 2. The van der Waals surface area contributed by atoms with E-state index in [0.29, 0.717) is 13.0 Å². The number of amides is 2. The molecule has 0 aliphatic carbocycles. The summed E-state index contributed by atoms with van der Waals surface area (Å²) in [6.07, 6.45) is 3.66. The summed E-state index contributed by atoms with van der Waals surface area (Å²) in [5, 5.41) is 24.1. The number of hydrogen-bond donors (Lipinski definition) is 4. The van der Waals surface area contributed by atoms with Crippen molar-refractivity contribution in [2.24, 2.45) is 5.41 Å². The number of aliphatic hydroxyl groups excluding tert-OH is 2. The van der Waals surface area contributed by atoms with Crippen molar-refractivity contribution < 1.29 is 19.8 Å². The van der Waals surface area contributed by atoms with Crippen LogP contribution in [-0.4, -0.2) is 47.8 Å². The number of nitrogens with one attached hydrogen (secondary N) is 2. The van der Waals surface area contributed by atoms with Gasteiger partial charge in [0.2, 0.25) is 11.8 Å². The molecule has 0 rings (SSSR count). The second-order valence-electron chi connectivity index (χ2n) is 5.72. The van der Waals surface area contributed by atoms with Crippen LogP contribution in [0.15, 0.2) is 12.7 Å². The van der Waals surface area contributed by atoms with E-state index < -0.39 is 17.4 Å². The molecule has 0 aromatic rings. The van der Waals surface area contributed by atoms with Gasteiger partial charge in [-0.05, 0) is 19.3 Å². The fourth-order valence-electron chi connectivity index (χ4n) is 1.59. The predicted octanol–water partition coefficient (Wildman–Crippen LogP) is 0.345. The molecule has 122 valence electrons. The summed E-state index contributed by atoms with van der Waals surface area (Å²) >= 11 is 0. The molecule has 0 saturated heterocycles. The predicted molar refractivity (Wildman–Crippen MR) is 81.6 cm³/mol. The van der Waals surface area contributed by atoms with Crippen molar-refractivity contribution in [2.45, 2.75) is 45.6 Å². The van der Waals surface area contributed by atoms with Crippen LogP contribution in [-0.2, 0) is 9.59 Å². The number of carbonyl (C=O) groups excluding carboxylic acids is 2. The van der Waals surface area contributed by atoms with Gasteiger partial charge in [0.15, 0.2) is 0 Å². The van der Waals surface area contributed by atoms with Gasteiger partial charge in [0.25, 0.3) is 0 Å². The zero-order chi connectivity index (χ0) is 16.3. The number of hydrogen-bond acceptors (Lipinski definition) is 4. The summed E-state index contributed by atoms with van der Waals surface area (Å²) in [7, 11) is 0. The van der Waals surface area contributed by atoms with E-state index in [-0.39, 0.29) is 19.1 Å². The molecule has 4 N–H and O–H groups in total. The summed E-state index contributed by atoms with van der Waals surface area (Å²) in [4.78, 5) is 23.1. The first-order valence-corrected chi connectivity index (χ1v) is 7.29. The molecule has 21 heavy (non-hydrogen) atoms. The van der Waals surface area contributed by atoms with Gasteiger partial charge in [0.1, 0.15) is 6.10 Å². The third-order valence-electron chi connectivity index (χ3n) is 3.20. The Bertz CT molecular complexity index is 343. The van der Waals surface area contributed by atoms with Crippen LogP contribution in [0.2, 0.25) is 0 Å². The van der Waals surface area contributed by atoms with Crippen LogP contribution >= 0.6 is 0 Å². The van der Waals surface area contributed by atoms with Crippen LogP contribution < -0.4 is 10.6 Å². The second kappa shape index (κ2) is 10.3. The quantitative estimate of drug-likeness (QED) is 0.327. The standard InChI is InChI=1S/C15H28N2O4/c1-4-5-6-7-8-12(19)16-9-10-17-14(21)13(20)15(2,3)11-18/h4,13,18,20H,1,5-11H2,2-3H3,(H,16,19)(H,17,21)/t13-/m0/s1. The minimum atomic E-state index is -1.28. The van der Waals surface area contributed by atoms with Crippen LogP contribution in [0, 0.1) is 5.41 Å². The molecule has 0 bridgehead atoms. The highest BCUT2D eigenvalue weighted by Gasteiger charge is 2.32. The molecule has 6 nitrogen and oxygen atoms in total. The van der Waals surface area contributed by atoms with Crippen molar-refractivity contribution in [3.8, 4) is 0 Å². The topological polar surface area (TPSA) is 98.7 Å². The fraction of sp³-hybridized carbons (Fsp3) is 0.733. The molecule has 2 amide bonds. The monoisotopic (exact) mass is 300 g/mol. The van der Waals surface area contributed by atoms with Gasteiger partial charge in [-0.15, -0.1) is 6.58 Å². The lowest BCUT2D eigenvalue weighted by Crippen LogP contribution is -2.47. The molecule has 0 spiro atoms. The molecule has 0 aliphatic rings. The molecule has 0 radical (unpaired) electrons. The first-order chi connectivity index (χ1) is 9.85. The van der Waals surface area contributed by atoms with Gasteiger partial charge in [0.05, 0.1) is 6.61 Å². The molecular weight excluding hydrogens is 272 g/mol. The van der Waals surface area contributed by atoms with E-state index in [2.05, 4.69) is 17.2 Å². The van der Waals surface area contributed by atoms with E-state index >= 15 is 0 Å². The molecule has 1 atom stereocenters. The van der Waals surface area contributed by atoms with Crippen LogP contribution in [0.4, 0.5) is 0 Å². The zero-order valence-corrected chi connectivity index (χ0v) is 13.0. The molecule has 6 heteroatoms. The van der Waals surface area contributed by atoms with E-state index in [1.165, 1.54) is 0 Å². The van der Waals surface area contributed by atoms with Crippen molar-refractivity contribution in [3.63, 3.8) is 0 Å². The summed E-state index contributed by atoms with van der Waals surface area (Å²) < 4.78 is 0. The Labute approximate surface area is 126 Å². The molecule has 0 aromatic carbocycles. The Morgan fingerprint density at radius 3 is 2.43 bits per heavy atom. The molecule has 0 saturated carbocycles. The van der Waals surface area contributed by atoms with Crippen molar-refractivity contribution in [1.82, 2.24) is 10.6 Å². The Morgan fingerprint density at radius 1 is 1.24 bits per heavy atom.